The summed E-state index contributed by atoms with van der Waals surface area (Å²) in [6.07, 6.45) is 1.87. The van der Waals surface area contributed by atoms with Crippen LogP contribution in [0.2, 0.25) is 0 Å². The van der Waals surface area contributed by atoms with Crippen molar-refractivity contribution < 1.29 is 14.3 Å². The Morgan fingerprint density at radius 2 is 1.96 bits per heavy atom. The van der Waals surface area contributed by atoms with Crippen LogP contribution in [-0.2, 0) is 11.2 Å². The van der Waals surface area contributed by atoms with Crippen LogP contribution in [0.1, 0.15) is 18.1 Å². The Labute approximate surface area is 135 Å². The molecule has 120 valence electrons. The van der Waals surface area contributed by atoms with Gasteiger partial charge in [-0.25, -0.2) is 5.43 Å². The highest BCUT2D eigenvalue weighted by molar-refractivity contribution is 5.84. The average Bonchev–Trinajstić information content (AvgIpc) is 2.57. The van der Waals surface area contributed by atoms with Gasteiger partial charge in [0, 0.05) is 0 Å². The van der Waals surface area contributed by atoms with Crippen molar-refractivity contribution in [1.82, 2.24) is 5.43 Å². The Morgan fingerprint density at radius 3 is 2.65 bits per heavy atom. The first kappa shape index (κ1) is 16.5. The van der Waals surface area contributed by atoms with Gasteiger partial charge in [0.05, 0.1) is 26.4 Å². The number of ether oxygens (including phenoxy) is 2. The minimum Gasteiger partial charge on any atom is -0.493 e. The van der Waals surface area contributed by atoms with Gasteiger partial charge in [-0.2, -0.15) is 5.10 Å². The van der Waals surface area contributed by atoms with Crippen molar-refractivity contribution in [2.75, 3.05) is 13.7 Å². The minimum absolute atomic E-state index is 0.162. The largest absolute Gasteiger partial charge is 0.493 e. The highest BCUT2D eigenvalue weighted by Crippen LogP contribution is 2.27. The van der Waals surface area contributed by atoms with Crippen molar-refractivity contribution in [3.05, 3.63) is 59.7 Å². The number of nitrogens with zero attached hydrogens (tertiary/aromatic N) is 1. The summed E-state index contributed by atoms with van der Waals surface area (Å²) < 4.78 is 10.7. The van der Waals surface area contributed by atoms with Crippen LogP contribution in [0.3, 0.4) is 0 Å². The molecule has 0 atom stereocenters. The van der Waals surface area contributed by atoms with Crippen LogP contribution in [0.25, 0.3) is 0 Å². The van der Waals surface area contributed by atoms with Crippen molar-refractivity contribution in [2.45, 2.75) is 13.3 Å². The fraction of sp³-hybridized carbons (Fsp3) is 0.222. The molecule has 0 aromatic heterocycles. The molecule has 0 spiro atoms. The van der Waals surface area contributed by atoms with Crippen molar-refractivity contribution in [1.29, 1.82) is 0 Å². The molecule has 0 aliphatic carbocycles. The molecule has 0 aliphatic rings. The molecule has 0 radical (unpaired) electrons. The zero-order valence-corrected chi connectivity index (χ0v) is 13.3. The number of benzene rings is 2. The summed E-state index contributed by atoms with van der Waals surface area (Å²) in [6, 6.07) is 15.0. The Morgan fingerprint density at radius 1 is 1.17 bits per heavy atom. The van der Waals surface area contributed by atoms with Crippen LogP contribution in [0.5, 0.6) is 11.5 Å². The molecule has 23 heavy (non-hydrogen) atoms. The first-order valence-electron chi connectivity index (χ1n) is 7.39. The highest BCUT2D eigenvalue weighted by Gasteiger charge is 2.04. The molecule has 1 N–H and O–H groups in total. The summed E-state index contributed by atoms with van der Waals surface area (Å²) in [5.41, 5.74) is 4.27. The minimum atomic E-state index is -0.162. The lowest BCUT2D eigenvalue weighted by atomic mass is 10.1. The Balaban J connectivity index is 1.93. The average molecular weight is 312 g/mol. The number of amides is 1. The van der Waals surface area contributed by atoms with Crippen molar-refractivity contribution >= 4 is 12.1 Å². The van der Waals surface area contributed by atoms with Gasteiger partial charge in [-0.05, 0) is 36.2 Å². The molecular formula is C18H20N2O3. The summed E-state index contributed by atoms with van der Waals surface area (Å²) in [5, 5.41) is 3.97. The molecule has 0 unspecified atom stereocenters. The molecular weight excluding hydrogens is 292 g/mol. The van der Waals surface area contributed by atoms with Gasteiger partial charge in [0.2, 0.25) is 5.91 Å². The number of rotatable bonds is 7. The van der Waals surface area contributed by atoms with Gasteiger partial charge in [-0.1, -0.05) is 30.3 Å². The van der Waals surface area contributed by atoms with Gasteiger partial charge in [-0.15, -0.1) is 0 Å². The van der Waals surface area contributed by atoms with E-state index in [1.807, 2.05) is 49.4 Å². The number of hydrogen-bond acceptors (Lipinski definition) is 4. The first-order valence-corrected chi connectivity index (χ1v) is 7.39. The van der Waals surface area contributed by atoms with E-state index in [1.54, 1.807) is 19.4 Å². The van der Waals surface area contributed by atoms with Crippen molar-refractivity contribution in [2.24, 2.45) is 5.10 Å². The predicted molar refractivity (Wildman–Crippen MR) is 90.0 cm³/mol. The monoisotopic (exact) mass is 312 g/mol. The van der Waals surface area contributed by atoms with Crippen molar-refractivity contribution in [3.8, 4) is 11.5 Å². The van der Waals surface area contributed by atoms with Crippen LogP contribution in [0.4, 0.5) is 0 Å². The normalized spacial score (nSPS) is 10.5. The Kier molecular flexibility index (Phi) is 6.17. The third-order valence-corrected chi connectivity index (χ3v) is 3.10. The van der Waals surface area contributed by atoms with Gasteiger partial charge in [0.15, 0.2) is 11.5 Å². The van der Waals surface area contributed by atoms with Gasteiger partial charge >= 0.3 is 0 Å². The van der Waals surface area contributed by atoms with Gasteiger partial charge in [0.1, 0.15) is 0 Å². The quantitative estimate of drug-likeness (QED) is 0.632. The lowest BCUT2D eigenvalue weighted by Gasteiger charge is -2.09. The number of carbonyl (C=O) groups excluding carboxylic acids is 1. The number of methoxy groups -OCH3 is 1. The van der Waals surface area contributed by atoms with E-state index < -0.39 is 0 Å². The molecule has 2 aromatic carbocycles. The van der Waals surface area contributed by atoms with Crippen LogP contribution in [0.15, 0.2) is 53.6 Å². The maximum Gasteiger partial charge on any atom is 0.244 e. The number of carbonyl (C=O) groups is 1. The van der Waals surface area contributed by atoms with E-state index in [0.29, 0.717) is 24.5 Å². The van der Waals surface area contributed by atoms with Crippen LogP contribution < -0.4 is 14.9 Å². The summed E-state index contributed by atoms with van der Waals surface area (Å²) in [6.45, 7) is 2.48. The van der Waals surface area contributed by atoms with Gasteiger partial charge < -0.3 is 9.47 Å². The van der Waals surface area contributed by atoms with E-state index in [9.17, 15) is 4.79 Å². The Hall–Kier alpha value is -2.82. The predicted octanol–water partition coefficient (Wildman–Crippen LogP) is 2.79. The summed E-state index contributed by atoms with van der Waals surface area (Å²) in [5.74, 6) is 1.15. The van der Waals surface area contributed by atoms with E-state index in [1.165, 1.54) is 0 Å². The van der Waals surface area contributed by atoms with Crippen molar-refractivity contribution in [3.63, 3.8) is 0 Å². The third-order valence-electron chi connectivity index (χ3n) is 3.10. The van der Waals surface area contributed by atoms with E-state index in [0.717, 1.165) is 11.1 Å². The molecule has 1 amide bonds. The van der Waals surface area contributed by atoms with E-state index >= 15 is 0 Å². The lowest BCUT2D eigenvalue weighted by Crippen LogP contribution is -2.19. The Bertz CT molecular complexity index is 669. The molecule has 5 nitrogen and oxygen atoms in total. The molecule has 0 bridgehead atoms. The smallest absolute Gasteiger partial charge is 0.244 e. The number of nitrogens with one attached hydrogen (secondary N) is 1. The number of hydrazone groups is 1. The molecule has 0 aliphatic heterocycles. The van der Waals surface area contributed by atoms with E-state index in [2.05, 4.69) is 10.5 Å². The van der Waals surface area contributed by atoms with Crippen LogP contribution in [-0.4, -0.2) is 25.8 Å². The zero-order valence-electron chi connectivity index (χ0n) is 13.3. The molecule has 0 saturated carbocycles. The summed E-state index contributed by atoms with van der Waals surface area (Å²) in [4.78, 5) is 11.8. The molecule has 5 heteroatoms. The second kappa shape index (κ2) is 8.58. The van der Waals surface area contributed by atoms with Gasteiger partial charge in [0.25, 0.3) is 0 Å². The summed E-state index contributed by atoms with van der Waals surface area (Å²) in [7, 11) is 1.58. The molecule has 0 heterocycles. The zero-order chi connectivity index (χ0) is 16.5. The van der Waals surface area contributed by atoms with Crippen LogP contribution >= 0.6 is 0 Å². The molecule has 2 rings (SSSR count). The highest BCUT2D eigenvalue weighted by atomic mass is 16.5. The SMILES string of the molecule is CCOc1ccc(/C=N\NC(=O)Cc2ccccc2)cc1OC. The third kappa shape index (κ3) is 5.14. The first-order chi connectivity index (χ1) is 11.2. The lowest BCUT2D eigenvalue weighted by molar-refractivity contribution is -0.120. The maximum absolute atomic E-state index is 11.8. The number of hydrogen-bond donors (Lipinski definition) is 1. The standard InChI is InChI=1S/C18H20N2O3/c1-3-23-16-10-9-15(11-17(16)22-2)13-19-20-18(21)12-14-7-5-4-6-8-14/h4-11,13H,3,12H2,1-2H3,(H,20,21)/b19-13-. The fourth-order valence-corrected chi connectivity index (χ4v) is 2.04. The van der Waals surface area contributed by atoms with Gasteiger partial charge in [-0.3, -0.25) is 4.79 Å². The summed E-state index contributed by atoms with van der Waals surface area (Å²) >= 11 is 0. The van der Waals surface area contributed by atoms with E-state index in [-0.39, 0.29) is 5.91 Å². The van der Waals surface area contributed by atoms with E-state index in [4.69, 9.17) is 9.47 Å². The topological polar surface area (TPSA) is 59.9 Å². The molecule has 0 saturated heterocycles. The fourth-order valence-electron chi connectivity index (χ4n) is 2.04. The molecule has 0 fully saturated rings. The van der Waals surface area contributed by atoms with Crippen LogP contribution in [0, 0.1) is 0 Å². The second-order valence-corrected chi connectivity index (χ2v) is 4.80. The molecule has 2 aromatic rings. The second-order valence-electron chi connectivity index (χ2n) is 4.80. The maximum atomic E-state index is 11.8.